The molecule has 1 amide bonds. The first-order valence-corrected chi connectivity index (χ1v) is 10.8. The molecule has 1 aromatic heterocycles. The number of hydrogen-bond donors (Lipinski definition) is 0. The van der Waals surface area contributed by atoms with Crippen LogP contribution in [-0.4, -0.2) is 79.8 Å². The standard InChI is InChI=1S/C18H24N4O6S/c1-12-19-17(20-28-12)5-6-22(29(4,24)25)14-10-21(11-14)18(23)13-7-15(26-2)9-16(8-13)27-3/h7-9,14H,5-6,10-11H2,1-4H3. The summed E-state index contributed by atoms with van der Waals surface area (Å²) in [5, 5.41) is 3.79. The minimum Gasteiger partial charge on any atom is -0.497 e. The molecule has 0 unspecified atom stereocenters. The molecule has 1 aliphatic heterocycles. The van der Waals surface area contributed by atoms with Crippen molar-refractivity contribution in [2.75, 3.05) is 40.1 Å². The first-order valence-electron chi connectivity index (χ1n) is 8.99. The molecule has 1 aromatic carbocycles. The highest BCUT2D eigenvalue weighted by molar-refractivity contribution is 7.88. The number of rotatable bonds is 8. The fraction of sp³-hybridized carbons (Fsp3) is 0.500. The predicted octanol–water partition coefficient (Wildman–Crippen LogP) is 0.724. The molecule has 3 rings (SSSR count). The topological polar surface area (TPSA) is 115 Å². The Bertz CT molecular complexity index is 962. The van der Waals surface area contributed by atoms with Gasteiger partial charge in [0.2, 0.25) is 15.9 Å². The van der Waals surface area contributed by atoms with Crippen LogP contribution in [0.3, 0.4) is 0 Å². The first-order chi connectivity index (χ1) is 13.7. The molecule has 2 heterocycles. The van der Waals surface area contributed by atoms with E-state index in [1.54, 1.807) is 30.0 Å². The van der Waals surface area contributed by atoms with E-state index in [0.717, 1.165) is 6.26 Å². The number of ether oxygens (including phenoxy) is 2. The molecule has 0 aliphatic carbocycles. The zero-order valence-corrected chi connectivity index (χ0v) is 17.6. The summed E-state index contributed by atoms with van der Waals surface area (Å²) in [6.45, 7) is 2.50. The van der Waals surface area contributed by atoms with Gasteiger partial charge in [-0.25, -0.2) is 8.42 Å². The van der Waals surface area contributed by atoms with Crippen molar-refractivity contribution in [2.45, 2.75) is 19.4 Å². The van der Waals surface area contributed by atoms with Crippen molar-refractivity contribution in [3.63, 3.8) is 0 Å². The van der Waals surface area contributed by atoms with Gasteiger partial charge in [0, 0.05) is 44.6 Å². The second kappa shape index (κ2) is 8.37. The van der Waals surface area contributed by atoms with Crippen LogP contribution in [0.15, 0.2) is 22.7 Å². The molecule has 11 heteroatoms. The SMILES string of the molecule is COc1cc(OC)cc(C(=O)N2CC(N(CCc3noc(C)n3)S(C)(=O)=O)C2)c1. The number of sulfonamides is 1. The van der Waals surface area contributed by atoms with Gasteiger partial charge in [-0.2, -0.15) is 9.29 Å². The van der Waals surface area contributed by atoms with E-state index in [-0.39, 0.29) is 18.5 Å². The highest BCUT2D eigenvalue weighted by atomic mass is 32.2. The zero-order chi connectivity index (χ0) is 21.2. The number of carbonyl (C=O) groups is 1. The predicted molar refractivity (Wildman–Crippen MR) is 104 cm³/mol. The zero-order valence-electron chi connectivity index (χ0n) is 16.8. The number of carbonyl (C=O) groups excluding carboxylic acids is 1. The summed E-state index contributed by atoms with van der Waals surface area (Å²) in [5.74, 6) is 1.70. The number of likely N-dealkylation sites (tertiary alicyclic amines) is 1. The summed E-state index contributed by atoms with van der Waals surface area (Å²) in [7, 11) is -0.431. The van der Waals surface area contributed by atoms with E-state index in [4.69, 9.17) is 14.0 Å². The number of aryl methyl sites for hydroxylation is 1. The number of nitrogens with zero attached hydrogens (tertiary/aromatic N) is 4. The Labute approximate surface area is 169 Å². The maximum atomic E-state index is 12.8. The Morgan fingerprint density at radius 3 is 2.34 bits per heavy atom. The average Bonchev–Trinajstić information content (AvgIpc) is 3.06. The Morgan fingerprint density at radius 1 is 1.24 bits per heavy atom. The summed E-state index contributed by atoms with van der Waals surface area (Å²) in [4.78, 5) is 18.5. The normalized spacial score (nSPS) is 14.7. The lowest BCUT2D eigenvalue weighted by Gasteiger charge is -2.44. The average molecular weight is 424 g/mol. The Hall–Kier alpha value is -2.66. The maximum Gasteiger partial charge on any atom is 0.254 e. The van der Waals surface area contributed by atoms with Crippen LogP contribution < -0.4 is 9.47 Å². The molecule has 0 spiro atoms. The molecule has 1 fully saturated rings. The van der Waals surface area contributed by atoms with E-state index < -0.39 is 10.0 Å². The highest BCUT2D eigenvalue weighted by Gasteiger charge is 2.39. The minimum absolute atomic E-state index is 0.208. The molecule has 0 atom stereocenters. The van der Waals surface area contributed by atoms with Crippen LogP contribution in [-0.2, 0) is 16.4 Å². The molecule has 2 aromatic rings. The third-order valence-electron chi connectivity index (χ3n) is 4.71. The summed E-state index contributed by atoms with van der Waals surface area (Å²) in [6, 6.07) is 4.64. The van der Waals surface area contributed by atoms with Crippen LogP contribution in [0.1, 0.15) is 22.1 Å². The van der Waals surface area contributed by atoms with Crippen LogP contribution in [0.25, 0.3) is 0 Å². The third kappa shape index (κ3) is 4.85. The largest absolute Gasteiger partial charge is 0.497 e. The molecule has 158 valence electrons. The molecule has 0 saturated carbocycles. The van der Waals surface area contributed by atoms with Gasteiger partial charge in [-0.1, -0.05) is 5.16 Å². The maximum absolute atomic E-state index is 12.8. The second-order valence-corrected chi connectivity index (χ2v) is 8.75. The van der Waals surface area contributed by atoms with Crippen molar-refractivity contribution >= 4 is 15.9 Å². The number of hydrogen-bond acceptors (Lipinski definition) is 8. The lowest BCUT2D eigenvalue weighted by atomic mass is 10.1. The molecular formula is C18H24N4O6S. The second-order valence-electron chi connectivity index (χ2n) is 6.82. The molecular weight excluding hydrogens is 400 g/mol. The smallest absolute Gasteiger partial charge is 0.254 e. The van der Waals surface area contributed by atoms with E-state index in [1.807, 2.05) is 0 Å². The Morgan fingerprint density at radius 2 is 1.86 bits per heavy atom. The summed E-state index contributed by atoms with van der Waals surface area (Å²) >= 11 is 0. The van der Waals surface area contributed by atoms with Crippen molar-refractivity contribution in [1.29, 1.82) is 0 Å². The molecule has 1 aliphatic rings. The molecule has 0 bridgehead atoms. The van der Waals surface area contributed by atoms with Gasteiger partial charge in [0.25, 0.3) is 5.91 Å². The highest BCUT2D eigenvalue weighted by Crippen LogP contribution is 2.26. The van der Waals surface area contributed by atoms with Crippen molar-refractivity contribution in [3.05, 3.63) is 35.5 Å². The van der Waals surface area contributed by atoms with E-state index in [1.165, 1.54) is 18.5 Å². The van der Waals surface area contributed by atoms with Gasteiger partial charge in [-0.05, 0) is 12.1 Å². The van der Waals surface area contributed by atoms with Crippen molar-refractivity contribution in [1.82, 2.24) is 19.3 Å². The van der Waals surface area contributed by atoms with E-state index in [9.17, 15) is 13.2 Å². The van der Waals surface area contributed by atoms with Gasteiger partial charge < -0.3 is 18.9 Å². The van der Waals surface area contributed by atoms with E-state index in [0.29, 0.717) is 48.3 Å². The van der Waals surface area contributed by atoms with Crippen LogP contribution >= 0.6 is 0 Å². The monoisotopic (exact) mass is 424 g/mol. The number of methoxy groups -OCH3 is 2. The van der Waals surface area contributed by atoms with Gasteiger partial charge in [0.15, 0.2) is 5.82 Å². The lowest BCUT2D eigenvalue weighted by molar-refractivity contribution is 0.0453. The van der Waals surface area contributed by atoms with Crippen molar-refractivity contribution in [3.8, 4) is 11.5 Å². The van der Waals surface area contributed by atoms with Crippen LogP contribution in [0.2, 0.25) is 0 Å². The van der Waals surface area contributed by atoms with Gasteiger partial charge in [-0.15, -0.1) is 0 Å². The molecule has 10 nitrogen and oxygen atoms in total. The van der Waals surface area contributed by atoms with Crippen molar-refractivity contribution in [2.24, 2.45) is 0 Å². The van der Waals surface area contributed by atoms with Gasteiger partial charge >= 0.3 is 0 Å². The van der Waals surface area contributed by atoms with Crippen molar-refractivity contribution < 1.29 is 27.2 Å². The number of aromatic nitrogens is 2. The van der Waals surface area contributed by atoms with Crippen LogP contribution in [0.4, 0.5) is 0 Å². The molecule has 0 radical (unpaired) electrons. The summed E-state index contributed by atoms with van der Waals surface area (Å²) < 4.78 is 41.2. The summed E-state index contributed by atoms with van der Waals surface area (Å²) in [6.07, 6.45) is 1.49. The van der Waals surface area contributed by atoms with E-state index in [2.05, 4.69) is 10.1 Å². The molecule has 1 saturated heterocycles. The van der Waals surface area contributed by atoms with Crippen LogP contribution in [0.5, 0.6) is 11.5 Å². The Kier molecular flexibility index (Phi) is 6.08. The van der Waals surface area contributed by atoms with Crippen LogP contribution in [0, 0.1) is 6.92 Å². The first kappa shape index (κ1) is 21.1. The fourth-order valence-electron chi connectivity index (χ4n) is 3.19. The third-order valence-corrected chi connectivity index (χ3v) is 6.04. The van der Waals surface area contributed by atoms with Gasteiger partial charge in [0.1, 0.15) is 11.5 Å². The minimum atomic E-state index is -3.45. The van der Waals surface area contributed by atoms with Gasteiger partial charge in [-0.3, -0.25) is 4.79 Å². The molecule has 0 N–H and O–H groups in total. The lowest BCUT2D eigenvalue weighted by Crippen LogP contribution is -2.62. The van der Waals surface area contributed by atoms with E-state index >= 15 is 0 Å². The van der Waals surface area contributed by atoms with Gasteiger partial charge in [0.05, 0.1) is 26.5 Å². The Balaban J connectivity index is 1.66. The molecule has 29 heavy (non-hydrogen) atoms. The number of amides is 1. The fourth-order valence-corrected chi connectivity index (χ4v) is 4.29. The number of benzene rings is 1. The summed E-state index contributed by atoms with van der Waals surface area (Å²) in [5.41, 5.74) is 0.424. The quantitative estimate of drug-likeness (QED) is 0.609.